The smallest absolute Gasteiger partial charge is 0.140 e. The molecule has 0 N–H and O–H groups in total. The van der Waals surface area contributed by atoms with Crippen LogP contribution in [0.25, 0.3) is 0 Å². The van der Waals surface area contributed by atoms with Gasteiger partial charge in [0.1, 0.15) is 23.1 Å². The van der Waals surface area contributed by atoms with Crippen molar-refractivity contribution in [2.75, 3.05) is 0 Å². The van der Waals surface area contributed by atoms with Gasteiger partial charge in [0.15, 0.2) is 0 Å². The van der Waals surface area contributed by atoms with Gasteiger partial charge in [-0.05, 0) is 25.7 Å². The largest absolute Gasteiger partial charge is 0.300 e. The van der Waals surface area contributed by atoms with Gasteiger partial charge in [0.25, 0.3) is 0 Å². The summed E-state index contributed by atoms with van der Waals surface area (Å²) in [6.07, 6.45) is 14.0. The van der Waals surface area contributed by atoms with Crippen molar-refractivity contribution in [3.8, 4) is 0 Å². The van der Waals surface area contributed by atoms with Gasteiger partial charge < -0.3 is 0 Å². The maximum Gasteiger partial charge on any atom is 0.140 e. The molecule has 0 aromatic heterocycles. The van der Waals surface area contributed by atoms with Gasteiger partial charge >= 0.3 is 0 Å². The molecule has 2 rings (SSSR count). The Morgan fingerprint density at radius 2 is 0.889 bits per heavy atom. The Hall–Kier alpha value is -0.697. The second-order valence-corrected chi connectivity index (χ2v) is 8.25. The number of rotatable bonds is 8. The van der Waals surface area contributed by atoms with Crippen LogP contribution in [-0.2, 0) is 38.7 Å². The van der Waals surface area contributed by atoms with E-state index >= 15 is 0 Å². The van der Waals surface area contributed by atoms with Gasteiger partial charge in [-0.25, -0.2) is 0 Å². The summed E-state index contributed by atoms with van der Waals surface area (Å²) in [6.45, 7) is 2.97. The van der Waals surface area contributed by atoms with E-state index in [1.54, 1.807) is 0 Å². The molecule has 2 saturated carbocycles. The number of carbonyl (C=O) groups excluding carboxylic acids is 4. The van der Waals surface area contributed by atoms with E-state index < -0.39 is 0 Å². The van der Waals surface area contributed by atoms with Gasteiger partial charge in [-0.15, -0.1) is 0 Å². The summed E-state index contributed by atoms with van der Waals surface area (Å²) in [6, 6.07) is 0. The molecule has 2 fully saturated rings. The first kappa shape index (κ1) is 26.3. The topological polar surface area (TPSA) is 68.3 Å². The van der Waals surface area contributed by atoms with Crippen LogP contribution >= 0.6 is 0 Å². The molecule has 0 radical (unpaired) electrons. The molecule has 150 valence electrons. The van der Waals surface area contributed by atoms with E-state index in [9.17, 15) is 19.2 Å². The molecule has 0 saturated heterocycles. The fourth-order valence-electron chi connectivity index (χ4n) is 4.13. The molecule has 0 amide bonds. The summed E-state index contributed by atoms with van der Waals surface area (Å²) in [5.41, 5.74) is 0. The van der Waals surface area contributed by atoms with Gasteiger partial charge in [-0.2, -0.15) is 0 Å². The molecule has 0 atom stereocenters. The molecular weight excluding hydrogens is 394 g/mol. The zero-order valence-electron chi connectivity index (χ0n) is 17.4. The SMILES string of the molecule is CC(=O)CC(=O)CC1CCCCC1.CC(=O)CC(=O)CC1CCCCC1.[Zn]. The molecule has 0 spiro atoms. The van der Waals surface area contributed by atoms with Crippen molar-refractivity contribution < 1.29 is 38.7 Å². The molecule has 0 heterocycles. The van der Waals surface area contributed by atoms with Crippen molar-refractivity contribution in [2.24, 2.45) is 11.8 Å². The van der Waals surface area contributed by atoms with Crippen LogP contribution in [0.4, 0.5) is 0 Å². The minimum Gasteiger partial charge on any atom is -0.300 e. The predicted octanol–water partition coefficient (Wildman–Crippen LogP) is 5.01. The number of ketones is 4. The molecule has 0 aliphatic heterocycles. The van der Waals surface area contributed by atoms with E-state index in [4.69, 9.17) is 0 Å². The van der Waals surface area contributed by atoms with Gasteiger partial charge in [0.2, 0.25) is 0 Å². The third-order valence-electron chi connectivity index (χ3n) is 5.37. The molecule has 27 heavy (non-hydrogen) atoms. The van der Waals surface area contributed by atoms with Crippen LogP contribution in [0.2, 0.25) is 0 Å². The summed E-state index contributed by atoms with van der Waals surface area (Å²) in [5, 5.41) is 0. The molecule has 0 unspecified atom stereocenters. The number of Topliss-reactive ketones (excluding diaryl/α,β-unsaturated/α-hetero) is 4. The number of hydrogen-bond donors (Lipinski definition) is 0. The van der Waals surface area contributed by atoms with Crippen molar-refractivity contribution >= 4 is 23.1 Å². The summed E-state index contributed by atoms with van der Waals surface area (Å²) < 4.78 is 0. The second kappa shape index (κ2) is 15.3. The number of carbonyl (C=O) groups is 4. The van der Waals surface area contributed by atoms with Crippen LogP contribution in [0.15, 0.2) is 0 Å². The van der Waals surface area contributed by atoms with Crippen LogP contribution in [0.3, 0.4) is 0 Å². The fraction of sp³-hybridized carbons (Fsp3) is 0.818. The van der Waals surface area contributed by atoms with Crippen LogP contribution in [-0.4, -0.2) is 23.1 Å². The van der Waals surface area contributed by atoms with Crippen molar-refractivity contribution in [3.05, 3.63) is 0 Å². The van der Waals surface area contributed by atoms with E-state index in [0.717, 1.165) is 0 Å². The van der Waals surface area contributed by atoms with Crippen molar-refractivity contribution in [1.29, 1.82) is 0 Å². The van der Waals surface area contributed by atoms with Crippen LogP contribution in [0, 0.1) is 11.8 Å². The predicted molar refractivity (Wildman–Crippen MR) is 103 cm³/mol. The molecule has 2 aliphatic carbocycles. The first-order chi connectivity index (χ1) is 12.4. The standard InChI is InChI=1S/2C11H18O2.Zn/c2*1-9(12)7-11(13)8-10-5-3-2-4-6-10;/h2*10H,2-8H2,1H3;. The zero-order valence-corrected chi connectivity index (χ0v) is 20.4. The third-order valence-corrected chi connectivity index (χ3v) is 5.37. The van der Waals surface area contributed by atoms with Crippen LogP contribution in [0.1, 0.15) is 104 Å². The second-order valence-electron chi connectivity index (χ2n) is 8.25. The quantitative estimate of drug-likeness (QED) is 0.402. The van der Waals surface area contributed by atoms with E-state index in [2.05, 4.69) is 0 Å². The Morgan fingerprint density at radius 1 is 0.593 bits per heavy atom. The van der Waals surface area contributed by atoms with Crippen molar-refractivity contribution in [3.63, 3.8) is 0 Å². The molecule has 2 aliphatic rings. The Balaban J connectivity index is 0.000000483. The van der Waals surface area contributed by atoms with E-state index in [-0.39, 0.29) is 55.5 Å². The zero-order chi connectivity index (χ0) is 19.4. The normalized spacial score (nSPS) is 17.9. The fourth-order valence-corrected chi connectivity index (χ4v) is 4.13. The number of hydrogen-bond acceptors (Lipinski definition) is 4. The molecule has 0 aromatic carbocycles. The van der Waals surface area contributed by atoms with Gasteiger partial charge in [0.05, 0.1) is 12.8 Å². The van der Waals surface area contributed by atoms with E-state index in [1.807, 2.05) is 0 Å². The molecular formula is C22H36O4Zn. The average molecular weight is 430 g/mol. The van der Waals surface area contributed by atoms with Crippen LogP contribution in [0.5, 0.6) is 0 Å². The summed E-state index contributed by atoms with van der Waals surface area (Å²) in [5.74, 6) is 1.42. The van der Waals surface area contributed by atoms with Crippen molar-refractivity contribution in [1.82, 2.24) is 0 Å². The first-order valence-electron chi connectivity index (χ1n) is 10.4. The monoisotopic (exact) mass is 428 g/mol. The summed E-state index contributed by atoms with van der Waals surface area (Å²) in [4.78, 5) is 44.0. The maximum atomic E-state index is 11.3. The van der Waals surface area contributed by atoms with Gasteiger partial charge in [-0.1, -0.05) is 64.2 Å². The van der Waals surface area contributed by atoms with Gasteiger partial charge in [0, 0.05) is 32.3 Å². The minimum absolute atomic E-state index is 0. The Bertz CT molecular complexity index is 431. The van der Waals surface area contributed by atoms with E-state index in [1.165, 1.54) is 78.1 Å². The summed E-state index contributed by atoms with van der Waals surface area (Å²) in [7, 11) is 0. The maximum absolute atomic E-state index is 11.3. The molecule has 4 nitrogen and oxygen atoms in total. The van der Waals surface area contributed by atoms with E-state index in [0.29, 0.717) is 24.7 Å². The Kier molecular flexibility index (Phi) is 14.9. The minimum atomic E-state index is 0. The first-order valence-corrected chi connectivity index (χ1v) is 10.4. The Labute approximate surface area is 177 Å². The molecule has 0 aromatic rings. The van der Waals surface area contributed by atoms with Crippen molar-refractivity contribution in [2.45, 2.75) is 104 Å². The average Bonchev–Trinajstić information content (AvgIpc) is 2.55. The molecule has 0 bridgehead atoms. The Morgan fingerprint density at radius 3 is 1.15 bits per heavy atom. The third kappa shape index (κ3) is 14.0. The summed E-state index contributed by atoms with van der Waals surface area (Å²) >= 11 is 0. The van der Waals surface area contributed by atoms with Gasteiger partial charge in [-0.3, -0.25) is 19.2 Å². The van der Waals surface area contributed by atoms with Crippen LogP contribution < -0.4 is 0 Å². The molecule has 5 heteroatoms.